The van der Waals surface area contributed by atoms with Crippen LogP contribution in [0.3, 0.4) is 0 Å². The average Bonchev–Trinajstić information content (AvgIpc) is 2.47. The predicted octanol–water partition coefficient (Wildman–Crippen LogP) is 0.750. The van der Waals surface area contributed by atoms with Crippen molar-refractivity contribution in [1.29, 1.82) is 0 Å². The number of amides is 2. The zero-order valence-corrected chi connectivity index (χ0v) is 13.0. The molecule has 6 nitrogen and oxygen atoms in total. The minimum Gasteiger partial charge on any atom is -0.483 e. The molecule has 1 heterocycles. The second kappa shape index (κ2) is 6.36. The highest BCUT2D eigenvalue weighted by molar-refractivity contribution is 5.97. The molecule has 4 N–H and O–H groups in total. The number of benzene rings is 1. The van der Waals surface area contributed by atoms with Crippen molar-refractivity contribution >= 4 is 11.8 Å². The highest BCUT2D eigenvalue weighted by Gasteiger charge is 2.36. The van der Waals surface area contributed by atoms with E-state index in [9.17, 15) is 9.59 Å². The second-order valence-corrected chi connectivity index (χ2v) is 6.36. The molecular weight excluding hydrogens is 282 g/mol. The number of nitrogens with two attached hydrogens (primary N) is 2. The van der Waals surface area contributed by atoms with Gasteiger partial charge in [-0.1, -0.05) is 26.0 Å². The van der Waals surface area contributed by atoms with Gasteiger partial charge in [0, 0.05) is 19.1 Å². The van der Waals surface area contributed by atoms with Crippen LogP contribution >= 0.6 is 0 Å². The fraction of sp³-hybridized carbons (Fsp3) is 0.500. The van der Waals surface area contributed by atoms with Crippen LogP contribution < -0.4 is 16.2 Å². The summed E-state index contributed by atoms with van der Waals surface area (Å²) in [6.07, 6.45) is 0.767. The van der Waals surface area contributed by atoms with E-state index < -0.39 is 5.91 Å². The number of likely N-dealkylation sites (tertiary alicyclic amines) is 1. The van der Waals surface area contributed by atoms with E-state index in [0.717, 1.165) is 6.42 Å². The number of carbonyl (C=O) groups excluding carboxylic acids is 2. The Balaban J connectivity index is 2.17. The van der Waals surface area contributed by atoms with Crippen LogP contribution in [0, 0.1) is 5.41 Å². The van der Waals surface area contributed by atoms with E-state index in [1.165, 1.54) is 0 Å². The zero-order valence-electron chi connectivity index (χ0n) is 13.0. The number of carbonyl (C=O) groups is 2. The smallest absolute Gasteiger partial charge is 0.257 e. The lowest BCUT2D eigenvalue weighted by Gasteiger charge is -2.42. The second-order valence-electron chi connectivity index (χ2n) is 6.36. The first-order valence-electron chi connectivity index (χ1n) is 7.36. The van der Waals surface area contributed by atoms with Crippen LogP contribution in [0.2, 0.25) is 0 Å². The molecule has 1 fully saturated rings. The molecule has 0 spiro atoms. The monoisotopic (exact) mass is 305 g/mol. The maximum Gasteiger partial charge on any atom is 0.257 e. The van der Waals surface area contributed by atoms with E-state index in [-0.39, 0.29) is 24.0 Å². The lowest BCUT2D eigenvalue weighted by molar-refractivity contribution is -0.119. The van der Waals surface area contributed by atoms with Gasteiger partial charge in [-0.2, -0.15) is 0 Å². The molecule has 0 bridgehead atoms. The van der Waals surface area contributed by atoms with Crippen molar-refractivity contribution in [2.45, 2.75) is 26.3 Å². The number of ether oxygens (including phenoxy) is 1. The molecule has 1 unspecified atom stereocenters. The Morgan fingerprint density at radius 1 is 1.36 bits per heavy atom. The summed E-state index contributed by atoms with van der Waals surface area (Å²) in [7, 11) is 0. The first-order chi connectivity index (χ1) is 10.3. The first-order valence-corrected chi connectivity index (χ1v) is 7.36. The lowest BCUT2D eigenvalue weighted by atomic mass is 9.79. The highest BCUT2D eigenvalue weighted by Crippen LogP contribution is 2.30. The molecule has 1 saturated heterocycles. The Morgan fingerprint density at radius 3 is 2.68 bits per heavy atom. The fourth-order valence-corrected chi connectivity index (χ4v) is 2.64. The van der Waals surface area contributed by atoms with Crippen LogP contribution in [0.25, 0.3) is 0 Å². The van der Waals surface area contributed by atoms with Crippen LogP contribution in [0.1, 0.15) is 30.6 Å². The third-order valence-corrected chi connectivity index (χ3v) is 4.09. The molecular formula is C16H23N3O3. The summed E-state index contributed by atoms with van der Waals surface area (Å²) in [4.78, 5) is 25.4. The number of primary amides is 1. The van der Waals surface area contributed by atoms with Crippen molar-refractivity contribution in [3.05, 3.63) is 29.8 Å². The number of piperidine rings is 1. The molecule has 0 aromatic heterocycles. The van der Waals surface area contributed by atoms with Crippen molar-refractivity contribution in [2.75, 3.05) is 19.7 Å². The maximum atomic E-state index is 12.7. The number of hydrogen-bond donors (Lipinski definition) is 2. The molecule has 1 aromatic rings. The van der Waals surface area contributed by atoms with E-state index in [4.69, 9.17) is 16.2 Å². The molecule has 1 aliphatic heterocycles. The Bertz CT molecular complexity index is 572. The third-order valence-electron chi connectivity index (χ3n) is 4.09. The number of nitrogens with zero attached hydrogens (tertiary/aromatic N) is 1. The van der Waals surface area contributed by atoms with Gasteiger partial charge < -0.3 is 21.1 Å². The van der Waals surface area contributed by atoms with E-state index in [0.29, 0.717) is 24.4 Å². The van der Waals surface area contributed by atoms with Crippen LogP contribution in [-0.4, -0.2) is 42.5 Å². The maximum absolute atomic E-state index is 12.7. The van der Waals surface area contributed by atoms with Gasteiger partial charge in [0.05, 0.1) is 5.56 Å². The first kappa shape index (κ1) is 16.3. The molecule has 1 atom stereocenters. The van der Waals surface area contributed by atoms with Crippen LogP contribution in [0.4, 0.5) is 0 Å². The minimum absolute atomic E-state index is 0.0814. The van der Waals surface area contributed by atoms with Gasteiger partial charge in [-0.15, -0.1) is 0 Å². The molecule has 6 heteroatoms. The van der Waals surface area contributed by atoms with E-state index in [1.54, 1.807) is 29.2 Å². The number of hydrogen-bond acceptors (Lipinski definition) is 4. The summed E-state index contributed by atoms with van der Waals surface area (Å²) < 4.78 is 5.34. The van der Waals surface area contributed by atoms with Crippen molar-refractivity contribution < 1.29 is 14.3 Å². The summed E-state index contributed by atoms with van der Waals surface area (Å²) in [5, 5.41) is 0. The highest BCUT2D eigenvalue weighted by atomic mass is 16.5. The summed E-state index contributed by atoms with van der Waals surface area (Å²) in [5.41, 5.74) is 11.5. The summed E-state index contributed by atoms with van der Waals surface area (Å²) in [6, 6.07) is 6.96. The molecule has 22 heavy (non-hydrogen) atoms. The van der Waals surface area contributed by atoms with Crippen LogP contribution in [0.5, 0.6) is 5.75 Å². The van der Waals surface area contributed by atoms with E-state index >= 15 is 0 Å². The quantitative estimate of drug-likeness (QED) is 0.857. The summed E-state index contributed by atoms with van der Waals surface area (Å²) in [5.74, 6) is -0.314. The Hall–Kier alpha value is -2.08. The van der Waals surface area contributed by atoms with Crippen molar-refractivity contribution in [3.63, 3.8) is 0 Å². The van der Waals surface area contributed by atoms with Gasteiger partial charge in [0.15, 0.2) is 6.61 Å². The van der Waals surface area contributed by atoms with Crippen LogP contribution in [-0.2, 0) is 4.79 Å². The molecule has 120 valence electrons. The predicted molar refractivity (Wildman–Crippen MR) is 83.4 cm³/mol. The Morgan fingerprint density at radius 2 is 2.05 bits per heavy atom. The van der Waals surface area contributed by atoms with Gasteiger partial charge in [0.1, 0.15) is 5.75 Å². The van der Waals surface area contributed by atoms with Gasteiger partial charge in [0.25, 0.3) is 11.8 Å². The van der Waals surface area contributed by atoms with E-state index in [2.05, 4.69) is 13.8 Å². The summed E-state index contributed by atoms with van der Waals surface area (Å²) >= 11 is 0. The van der Waals surface area contributed by atoms with E-state index in [1.807, 2.05) is 0 Å². The minimum atomic E-state index is -0.577. The van der Waals surface area contributed by atoms with Gasteiger partial charge in [0.2, 0.25) is 0 Å². The molecule has 0 aliphatic carbocycles. The molecule has 2 rings (SSSR count). The molecule has 2 amide bonds. The van der Waals surface area contributed by atoms with Crippen molar-refractivity contribution in [3.8, 4) is 5.75 Å². The molecule has 1 aliphatic rings. The zero-order chi connectivity index (χ0) is 16.3. The lowest BCUT2D eigenvalue weighted by Crippen LogP contribution is -2.54. The van der Waals surface area contributed by atoms with Gasteiger partial charge >= 0.3 is 0 Å². The third kappa shape index (κ3) is 3.57. The fourth-order valence-electron chi connectivity index (χ4n) is 2.64. The summed E-state index contributed by atoms with van der Waals surface area (Å²) in [6.45, 7) is 5.09. The normalized spacial score (nSPS) is 20.5. The Kier molecular flexibility index (Phi) is 4.71. The largest absolute Gasteiger partial charge is 0.483 e. The Labute approximate surface area is 130 Å². The molecule has 1 aromatic carbocycles. The van der Waals surface area contributed by atoms with Crippen LogP contribution in [0.15, 0.2) is 24.3 Å². The SMILES string of the molecule is CC1(C)CN(C(=O)c2ccccc2OCC(N)=O)CCC1N. The molecule has 0 saturated carbocycles. The van der Waals surface area contributed by atoms with Crippen molar-refractivity contribution in [2.24, 2.45) is 16.9 Å². The number of rotatable bonds is 4. The van der Waals surface area contributed by atoms with Gasteiger partial charge in [-0.25, -0.2) is 0 Å². The number of para-hydroxylation sites is 1. The van der Waals surface area contributed by atoms with Gasteiger partial charge in [-0.3, -0.25) is 9.59 Å². The average molecular weight is 305 g/mol. The van der Waals surface area contributed by atoms with Gasteiger partial charge in [-0.05, 0) is 24.0 Å². The topological polar surface area (TPSA) is 98.6 Å². The standard InChI is InChI=1S/C16H23N3O3/c1-16(2)10-19(8-7-13(16)17)15(21)11-5-3-4-6-12(11)22-9-14(18)20/h3-6,13H,7-10,17H2,1-2H3,(H2,18,20). The van der Waals surface area contributed by atoms with Crippen molar-refractivity contribution in [1.82, 2.24) is 4.90 Å². The molecule has 0 radical (unpaired) electrons.